The van der Waals surface area contributed by atoms with Gasteiger partial charge in [-0.15, -0.1) is 0 Å². The van der Waals surface area contributed by atoms with Crippen LogP contribution in [0.1, 0.15) is 30.6 Å². The van der Waals surface area contributed by atoms with E-state index in [4.69, 9.17) is 11.6 Å². The summed E-state index contributed by atoms with van der Waals surface area (Å²) in [5.41, 5.74) is 1.80. The quantitative estimate of drug-likeness (QED) is 0.871. The maximum atomic E-state index is 13.2. The molecule has 0 bridgehead atoms. The van der Waals surface area contributed by atoms with Crippen molar-refractivity contribution in [1.82, 2.24) is 15.1 Å². The third kappa shape index (κ3) is 3.22. The smallest absolute Gasteiger partial charge is 0.124 e. The van der Waals surface area contributed by atoms with Crippen LogP contribution in [-0.4, -0.2) is 16.3 Å². The largest absolute Gasteiger partial charge is 0.305 e. The average Bonchev–Trinajstić information content (AvgIpc) is 2.72. The first-order valence-electron chi connectivity index (χ1n) is 6.40. The van der Waals surface area contributed by atoms with E-state index < -0.39 is 0 Å². The van der Waals surface area contributed by atoms with Gasteiger partial charge in [0, 0.05) is 12.1 Å². The van der Waals surface area contributed by atoms with Gasteiger partial charge < -0.3 is 5.32 Å². The first-order chi connectivity index (χ1) is 9.54. The van der Waals surface area contributed by atoms with Gasteiger partial charge in [0.25, 0.3) is 0 Å². The topological polar surface area (TPSA) is 29.9 Å². The summed E-state index contributed by atoms with van der Waals surface area (Å²) >= 11 is 9.71. The fraction of sp³-hybridized carbons (Fsp3) is 0.357. The number of aryl methyl sites for hydroxylation is 1. The second-order valence-electron chi connectivity index (χ2n) is 4.55. The predicted octanol–water partition coefficient (Wildman–Crippen LogP) is 4.06. The highest BCUT2D eigenvalue weighted by molar-refractivity contribution is 9.10. The Labute approximate surface area is 131 Å². The number of halogens is 3. The molecular formula is C14H16BrClFN3. The Balaban J connectivity index is 2.47. The zero-order valence-electron chi connectivity index (χ0n) is 11.3. The molecule has 0 radical (unpaired) electrons. The van der Waals surface area contributed by atoms with Crippen molar-refractivity contribution in [3.05, 3.63) is 51.0 Å². The van der Waals surface area contributed by atoms with Gasteiger partial charge in [-0.1, -0.05) is 24.6 Å². The van der Waals surface area contributed by atoms with E-state index >= 15 is 0 Å². The van der Waals surface area contributed by atoms with Crippen LogP contribution >= 0.6 is 27.5 Å². The Kier molecular flexibility index (Phi) is 5.18. The van der Waals surface area contributed by atoms with Crippen LogP contribution < -0.4 is 5.32 Å². The SMILES string of the molecule is CCCNC(c1ccc(F)cc1Cl)c1c(Br)cnn1C. The molecule has 108 valence electrons. The van der Waals surface area contributed by atoms with E-state index in [1.54, 1.807) is 16.9 Å². The van der Waals surface area contributed by atoms with E-state index in [2.05, 4.69) is 33.3 Å². The molecule has 1 heterocycles. The van der Waals surface area contributed by atoms with Crippen LogP contribution in [0.5, 0.6) is 0 Å². The molecule has 0 aliphatic rings. The molecule has 2 rings (SSSR count). The lowest BCUT2D eigenvalue weighted by Crippen LogP contribution is -2.26. The van der Waals surface area contributed by atoms with Crippen LogP contribution in [0.3, 0.4) is 0 Å². The Bertz CT molecular complexity index is 581. The number of hydrogen-bond acceptors (Lipinski definition) is 2. The predicted molar refractivity (Wildman–Crippen MR) is 82.5 cm³/mol. The van der Waals surface area contributed by atoms with Gasteiger partial charge in [0.1, 0.15) is 5.82 Å². The van der Waals surface area contributed by atoms with Gasteiger partial charge in [0.15, 0.2) is 0 Å². The van der Waals surface area contributed by atoms with Crippen LogP contribution in [-0.2, 0) is 7.05 Å². The number of benzene rings is 1. The summed E-state index contributed by atoms with van der Waals surface area (Å²) in [6.07, 6.45) is 2.73. The molecule has 0 aliphatic carbocycles. The third-order valence-electron chi connectivity index (χ3n) is 3.08. The fourth-order valence-electron chi connectivity index (χ4n) is 2.12. The summed E-state index contributed by atoms with van der Waals surface area (Å²) in [4.78, 5) is 0. The second-order valence-corrected chi connectivity index (χ2v) is 5.82. The van der Waals surface area contributed by atoms with Crippen molar-refractivity contribution < 1.29 is 4.39 Å². The molecule has 0 saturated heterocycles. The first kappa shape index (κ1) is 15.5. The Morgan fingerprint density at radius 1 is 1.50 bits per heavy atom. The first-order valence-corrected chi connectivity index (χ1v) is 7.57. The maximum Gasteiger partial charge on any atom is 0.124 e. The molecule has 1 aromatic heterocycles. The lowest BCUT2D eigenvalue weighted by molar-refractivity contribution is 0.550. The fourth-order valence-corrected chi connectivity index (χ4v) is 2.98. The van der Waals surface area contributed by atoms with E-state index in [-0.39, 0.29) is 11.9 Å². The summed E-state index contributed by atoms with van der Waals surface area (Å²) in [7, 11) is 1.87. The van der Waals surface area contributed by atoms with Gasteiger partial charge >= 0.3 is 0 Å². The number of nitrogens with zero attached hydrogens (tertiary/aromatic N) is 2. The van der Waals surface area contributed by atoms with Crippen molar-refractivity contribution in [1.29, 1.82) is 0 Å². The molecule has 0 fully saturated rings. The normalized spacial score (nSPS) is 12.7. The number of aromatic nitrogens is 2. The van der Waals surface area contributed by atoms with Crippen LogP contribution in [0.15, 0.2) is 28.9 Å². The summed E-state index contributed by atoms with van der Waals surface area (Å²) < 4.78 is 15.9. The van der Waals surface area contributed by atoms with Crippen molar-refractivity contribution >= 4 is 27.5 Å². The van der Waals surface area contributed by atoms with Crippen LogP contribution in [0.25, 0.3) is 0 Å². The molecule has 1 atom stereocenters. The highest BCUT2D eigenvalue weighted by atomic mass is 79.9. The summed E-state index contributed by atoms with van der Waals surface area (Å²) in [6.45, 7) is 2.92. The lowest BCUT2D eigenvalue weighted by atomic mass is 10.0. The third-order valence-corrected chi connectivity index (χ3v) is 4.02. The van der Waals surface area contributed by atoms with Crippen molar-refractivity contribution in [3.8, 4) is 0 Å². The maximum absolute atomic E-state index is 13.2. The Morgan fingerprint density at radius 3 is 2.80 bits per heavy atom. The standard InChI is InChI=1S/C14H16BrClFN3/c1-3-6-18-13(14-11(15)8-19-20(14)2)10-5-4-9(17)7-12(10)16/h4-5,7-8,13,18H,3,6H2,1-2H3. The van der Waals surface area contributed by atoms with Crippen LogP contribution in [0.2, 0.25) is 5.02 Å². The average molecular weight is 361 g/mol. The highest BCUT2D eigenvalue weighted by Gasteiger charge is 2.22. The molecule has 1 unspecified atom stereocenters. The minimum atomic E-state index is -0.336. The molecule has 3 nitrogen and oxygen atoms in total. The molecule has 1 N–H and O–H groups in total. The molecule has 2 aromatic rings. The van der Waals surface area contributed by atoms with Gasteiger partial charge in [-0.2, -0.15) is 5.10 Å². The van der Waals surface area contributed by atoms with E-state index in [0.29, 0.717) is 5.02 Å². The molecule has 0 amide bonds. The Morgan fingerprint density at radius 2 is 2.25 bits per heavy atom. The van der Waals surface area contributed by atoms with E-state index in [1.165, 1.54) is 12.1 Å². The number of rotatable bonds is 5. The van der Waals surface area contributed by atoms with Crippen molar-refractivity contribution in [2.45, 2.75) is 19.4 Å². The minimum Gasteiger partial charge on any atom is -0.305 e. The van der Waals surface area contributed by atoms with E-state index in [9.17, 15) is 4.39 Å². The summed E-state index contributed by atoms with van der Waals surface area (Å²) in [5, 5.41) is 8.07. The Hall–Kier alpha value is -0.910. The zero-order chi connectivity index (χ0) is 14.7. The molecule has 20 heavy (non-hydrogen) atoms. The van der Waals surface area contributed by atoms with Gasteiger partial charge in [-0.25, -0.2) is 4.39 Å². The van der Waals surface area contributed by atoms with Gasteiger partial charge in [-0.3, -0.25) is 4.68 Å². The molecule has 1 aromatic carbocycles. The lowest BCUT2D eigenvalue weighted by Gasteiger charge is -2.21. The molecular weight excluding hydrogens is 345 g/mol. The van der Waals surface area contributed by atoms with Gasteiger partial charge in [-0.05, 0) is 46.6 Å². The number of nitrogens with one attached hydrogen (secondary N) is 1. The number of hydrogen-bond donors (Lipinski definition) is 1. The van der Waals surface area contributed by atoms with E-state index in [1.807, 2.05) is 7.05 Å². The van der Waals surface area contributed by atoms with Crippen LogP contribution in [0, 0.1) is 5.82 Å². The van der Waals surface area contributed by atoms with Gasteiger partial charge in [0.2, 0.25) is 0 Å². The van der Waals surface area contributed by atoms with Crippen molar-refractivity contribution in [3.63, 3.8) is 0 Å². The van der Waals surface area contributed by atoms with E-state index in [0.717, 1.165) is 28.7 Å². The minimum absolute atomic E-state index is 0.134. The monoisotopic (exact) mass is 359 g/mol. The zero-order valence-corrected chi connectivity index (χ0v) is 13.7. The molecule has 0 saturated carbocycles. The van der Waals surface area contributed by atoms with Crippen molar-refractivity contribution in [2.75, 3.05) is 6.54 Å². The molecule has 6 heteroatoms. The second kappa shape index (κ2) is 6.70. The molecule has 0 aliphatic heterocycles. The molecule has 0 spiro atoms. The highest BCUT2D eigenvalue weighted by Crippen LogP contribution is 2.32. The van der Waals surface area contributed by atoms with Gasteiger partial charge in [0.05, 0.1) is 22.4 Å². The van der Waals surface area contributed by atoms with Crippen molar-refractivity contribution in [2.24, 2.45) is 7.05 Å². The van der Waals surface area contributed by atoms with Crippen LogP contribution in [0.4, 0.5) is 4.39 Å². The summed E-state index contributed by atoms with van der Waals surface area (Å²) in [6, 6.07) is 4.34. The summed E-state index contributed by atoms with van der Waals surface area (Å²) in [5.74, 6) is -0.336.